The van der Waals surface area contributed by atoms with Gasteiger partial charge in [0.2, 0.25) is 10.0 Å². The molecule has 0 atom stereocenters. The van der Waals surface area contributed by atoms with E-state index in [2.05, 4.69) is 41.6 Å². The lowest BCUT2D eigenvalue weighted by Gasteiger charge is -2.11. The van der Waals surface area contributed by atoms with Crippen LogP contribution in [0.3, 0.4) is 0 Å². The lowest BCUT2D eigenvalue weighted by molar-refractivity contribution is 0.580. The molecular formula is C13H13Br2N3O2S. The third kappa shape index (κ3) is 4.26. The molecule has 112 valence electrons. The Balaban J connectivity index is 2.12. The third-order valence-corrected chi connectivity index (χ3v) is 6.06. The van der Waals surface area contributed by atoms with Gasteiger partial charge in [0, 0.05) is 33.6 Å². The molecule has 0 spiro atoms. The number of nitrogens with two attached hydrogens (primary N) is 1. The zero-order chi connectivity index (χ0) is 15.5. The molecule has 0 bridgehead atoms. The molecule has 0 radical (unpaired) electrons. The van der Waals surface area contributed by atoms with E-state index in [1.165, 1.54) is 0 Å². The van der Waals surface area contributed by atoms with Crippen LogP contribution in [-0.4, -0.2) is 19.9 Å². The largest absolute Gasteiger partial charge is 0.399 e. The third-order valence-electron chi connectivity index (χ3n) is 2.72. The van der Waals surface area contributed by atoms with Crippen molar-refractivity contribution in [1.82, 2.24) is 9.71 Å². The molecule has 1 aromatic heterocycles. The van der Waals surface area contributed by atoms with Gasteiger partial charge in [-0.25, -0.2) is 13.1 Å². The Morgan fingerprint density at radius 2 is 1.90 bits per heavy atom. The van der Waals surface area contributed by atoms with Crippen molar-refractivity contribution in [2.45, 2.75) is 11.3 Å². The van der Waals surface area contributed by atoms with E-state index in [1.807, 2.05) is 12.1 Å². The maximum Gasteiger partial charge on any atom is 0.242 e. The lowest BCUT2D eigenvalue weighted by Crippen LogP contribution is -2.26. The van der Waals surface area contributed by atoms with E-state index in [0.29, 0.717) is 21.1 Å². The number of nitrogens with one attached hydrogen (secondary N) is 1. The quantitative estimate of drug-likeness (QED) is 0.708. The van der Waals surface area contributed by atoms with Gasteiger partial charge < -0.3 is 5.73 Å². The summed E-state index contributed by atoms with van der Waals surface area (Å²) in [5.41, 5.74) is 7.11. The highest BCUT2D eigenvalue weighted by molar-refractivity contribution is 9.11. The predicted octanol–water partition coefficient (Wildman–Crippen LogP) is 2.71. The number of nitrogen functional groups attached to an aromatic ring is 1. The number of halogens is 2. The summed E-state index contributed by atoms with van der Waals surface area (Å²) in [4.78, 5) is 4.13. The zero-order valence-corrected chi connectivity index (χ0v) is 14.9. The topological polar surface area (TPSA) is 85.1 Å². The molecule has 0 aliphatic rings. The molecule has 0 saturated heterocycles. The minimum absolute atomic E-state index is 0.142. The van der Waals surface area contributed by atoms with Gasteiger partial charge in [-0.2, -0.15) is 0 Å². The molecule has 0 aliphatic carbocycles. The van der Waals surface area contributed by atoms with E-state index in [9.17, 15) is 8.42 Å². The van der Waals surface area contributed by atoms with E-state index in [-0.39, 0.29) is 11.4 Å². The molecule has 0 saturated carbocycles. The van der Waals surface area contributed by atoms with Crippen LogP contribution in [0.25, 0.3) is 0 Å². The number of aromatic nitrogens is 1. The number of sulfonamides is 1. The molecule has 1 heterocycles. The Morgan fingerprint density at radius 3 is 2.48 bits per heavy atom. The first kappa shape index (κ1) is 16.4. The second-order valence-corrected chi connectivity index (χ2v) is 7.74. The number of hydrogen-bond acceptors (Lipinski definition) is 4. The number of nitrogens with zero attached hydrogens (tertiary/aromatic N) is 1. The average molecular weight is 435 g/mol. The Bertz CT molecular complexity index is 713. The van der Waals surface area contributed by atoms with Crippen LogP contribution in [0.4, 0.5) is 5.69 Å². The first-order valence-corrected chi connectivity index (χ1v) is 9.10. The first-order chi connectivity index (χ1) is 9.90. The van der Waals surface area contributed by atoms with Crippen LogP contribution in [0.1, 0.15) is 5.56 Å². The number of hydrogen-bond donors (Lipinski definition) is 2. The van der Waals surface area contributed by atoms with E-state index in [4.69, 9.17) is 5.73 Å². The van der Waals surface area contributed by atoms with Crippen LogP contribution >= 0.6 is 31.9 Å². The standard InChI is InChI=1S/C13H13Br2N3O2S/c14-11-6-10(16)7-12(15)13(11)21(19,20)18-5-3-9-2-1-4-17-8-9/h1-2,4,6-8,18H,3,5,16H2. The molecule has 2 rings (SSSR count). The highest BCUT2D eigenvalue weighted by Crippen LogP contribution is 2.32. The molecule has 8 heteroatoms. The maximum absolute atomic E-state index is 12.3. The number of rotatable bonds is 5. The van der Waals surface area contributed by atoms with Gasteiger partial charge in [0.05, 0.1) is 0 Å². The van der Waals surface area contributed by atoms with Gasteiger partial charge in [0.25, 0.3) is 0 Å². The molecule has 1 aromatic carbocycles. The normalized spacial score (nSPS) is 11.5. The average Bonchev–Trinajstić information content (AvgIpc) is 2.38. The van der Waals surface area contributed by atoms with Crippen LogP contribution < -0.4 is 10.5 Å². The van der Waals surface area contributed by atoms with Gasteiger partial charge in [0.1, 0.15) is 4.90 Å². The van der Waals surface area contributed by atoms with Gasteiger partial charge in [-0.15, -0.1) is 0 Å². The highest BCUT2D eigenvalue weighted by atomic mass is 79.9. The molecule has 0 unspecified atom stereocenters. The molecule has 0 amide bonds. The van der Waals surface area contributed by atoms with E-state index in [1.54, 1.807) is 24.5 Å². The van der Waals surface area contributed by atoms with Crippen molar-refractivity contribution in [2.75, 3.05) is 12.3 Å². The van der Waals surface area contributed by atoms with Crippen LogP contribution in [0.5, 0.6) is 0 Å². The smallest absolute Gasteiger partial charge is 0.242 e. The van der Waals surface area contributed by atoms with Gasteiger partial charge in [-0.3, -0.25) is 4.98 Å². The van der Waals surface area contributed by atoms with Crippen LogP contribution in [0, 0.1) is 0 Å². The number of pyridine rings is 1. The van der Waals surface area contributed by atoms with Gasteiger partial charge in [-0.05, 0) is 62.0 Å². The van der Waals surface area contributed by atoms with Crippen LogP contribution in [0.2, 0.25) is 0 Å². The summed E-state index contributed by atoms with van der Waals surface area (Å²) in [7, 11) is -3.63. The Labute approximate surface area is 140 Å². The molecule has 2 aromatic rings. The van der Waals surface area contributed by atoms with Crippen LogP contribution in [0.15, 0.2) is 50.5 Å². The summed E-state index contributed by atoms with van der Waals surface area (Å²) in [6.45, 7) is 0.289. The Morgan fingerprint density at radius 1 is 1.24 bits per heavy atom. The summed E-state index contributed by atoms with van der Waals surface area (Å²) >= 11 is 6.46. The van der Waals surface area contributed by atoms with Crippen molar-refractivity contribution in [3.8, 4) is 0 Å². The monoisotopic (exact) mass is 433 g/mol. The van der Waals surface area contributed by atoms with Crippen molar-refractivity contribution >= 4 is 47.6 Å². The summed E-state index contributed by atoms with van der Waals surface area (Å²) in [6, 6.07) is 6.83. The van der Waals surface area contributed by atoms with Crippen molar-refractivity contribution < 1.29 is 8.42 Å². The SMILES string of the molecule is Nc1cc(Br)c(S(=O)(=O)NCCc2cccnc2)c(Br)c1. The molecule has 3 N–H and O–H groups in total. The van der Waals surface area contributed by atoms with E-state index >= 15 is 0 Å². The second-order valence-electron chi connectivity index (χ2n) is 4.32. The Hall–Kier alpha value is -0.960. The number of benzene rings is 1. The van der Waals surface area contributed by atoms with Crippen LogP contribution in [-0.2, 0) is 16.4 Å². The maximum atomic E-state index is 12.3. The fourth-order valence-electron chi connectivity index (χ4n) is 1.78. The van der Waals surface area contributed by atoms with Crippen molar-refractivity contribution in [3.05, 3.63) is 51.2 Å². The summed E-state index contributed by atoms with van der Waals surface area (Å²) in [5, 5.41) is 0. The van der Waals surface area contributed by atoms with Crippen molar-refractivity contribution in [1.29, 1.82) is 0 Å². The van der Waals surface area contributed by atoms with Gasteiger partial charge in [0.15, 0.2) is 0 Å². The minimum Gasteiger partial charge on any atom is -0.399 e. The zero-order valence-electron chi connectivity index (χ0n) is 10.9. The number of anilines is 1. The van der Waals surface area contributed by atoms with Gasteiger partial charge in [-0.1, -0.05) is 6.07 Å². The van der Waals surface area contributed by atoms with Gasteiger partial charge >= 0.3 is 0 Å². The molecule has 5 nitrogen and oxygen atoms in total. The van der Waals surface area contributed by atoms with E-state index < -0.39 is 10.0 Å². The first-order valence-electron chi connectivity index (χ1n) is 6.03. The lowest BCUT2D eigenvalue weighted by atomic mass is 10.2. The predicted molar refractivity (Wildman–Crippen MR) is 89.4 cm³/mol. The fraction of sp³-hybridized carbons (Fsp3) is 0.154. The minimum atomic E-state index is -3.63. The highest BCUT2D eigenvalue weighted by Gasteiger charge is 2.21. The van der Waals surface area contributed by atoms with Crippen molar-refractivity contribution in [2.24, 2.45) is 0 Å². The van der Waals surface area contributed by atoms with E-state index in [0.717, 1.165) is 5.56 Å². The molecule has 21 heavy (non-hydrogen) atoms. The molecule has 0 aliphatic heterocycles. The summed E-state index contributed by atoms with van der Waals surface area (Å²) < 4.78 is 28.1. The molecule has 0 fully saturated rings. The summed E-state index contributed by atoms with van der Waals surface area (Å²) in [6.07, 6.45) is 3.96. The second kappa shape index (κ2) is 6.87. The molecular weight excluding hydrogens is 422 g/mol. The fourth-order valence-corrected chi connectivity index (χ4v) is 5.43. The Kier molecular flexibility index (Phi) is 5.37. The summed E-state index contributed by atoms with van der Waals surface area (Å²) in [5.74, 6) is 0. The van der Waals surface area contributed by atoms with Crippen molar-refractivity contribution in [3.63, 3.8) is 0 Å².